The Balaban J connectivity index is 2.08. The quantitative estimate of drug-likeness (QED) is 0.136. The van der Waals surface area contributed by atoms with Crippen molar-refractivity contribution in [3.8, 4) is 0 Å². The Hall–Kier alpha value is -3.18. The third-order valence-corrected chi connectivity index (χ3v) is 7.28. The molecular formula is C29H48N4O8. The van der Waals surface area contributed by atoms with E-state index in [-0.39, 0.29) is 81.0 Å². The summed E-state index contributed by atoms with van der Waals surface area (Å²) >= 11 is 0. The van der Waals surface area contributed by atoms with Crippen molar-refractivity contribution in [2.45, 2.75) is 105 Å². The van der Waals surface area contributed by atoms with Gasteiger partial charge in [-0.1, -0.05) is 54.4 Å². The van der Waals surface area contributed by atoms with Gasteiger partial charge in [0.15, 0.2) is 0 Å². The van der Waals surface area contributed by atoms with Crippen molar-refractivity contribution < 1.29 is 38.2 Å². The molecule has 232 valence electrons. The van der Waals surface area contributed by atoms with Crippen molar-refractivity contribution >= 4 is 35.8 Å². The number of hydrogen-bond acceptors (Lipinski definition) is 8. The maximum Gasteiger partial charge on any atom is 0.328 e. The van der Waals surface area contributed by atoms with Crippen molar-refractivity contribution in [1.82, 2.24) is 19.6 Å². The van der Waals surface area contributed by atoms with Gasteiger partial charge in [-0.05, 0) is 37.5 Å². The van der Waals surface area contributed by atoms with E-state index in [1.807, 2.05) is 41.5 Å². The van der Waals surface area contributed by atoms with Gasteiger partial charge < -0.3 is 9.47 Å². The second-order valence-corrected chi connectivity index (χ2v) is 11.4. The molecule has 0 N–H and O–H groups in total. The smallest absolute Gasteiger partial charge is 0.328 e. The van der Waals surface area contributed by atoms with Crippen molar-refractivity contribution in [3.63, 3.8) is 0 Å². The van der Waals surface area contributed by atoms with Crippen molar-refractivity contribution in [3.05, 3.63) is 0 Å². The summed E-state index contributed by atoms with van der Waals surface area (Å²) in [5.74, 6) is -1.99. The number of urea groups is 2. The number of carbonyl (C=O) groups excluding carboxylic acids is 6. The Morgan fingerprint density at radius 2 is 1.02 bits per heavy atom. The van der Waals surface area contributed by atoms with Gasteiger partial charge in [-0.25, -0.2) is 9.59 Å². The number of nitrogens with zero attached hydrogens (tertiary/aromatic N) is 4. The zero-order valence-electron chi connectivity index (χ0n) is 25.6. The Morgan fingerprint density at radius 3 is 1.34 bits per heavy atom. The summed E-state index contributed by atoms with van der Waals surface area (Å²) in [5, 5.41) is 0. The lowest BCUT2D eigenvalue weighted by Crippen LogP contribution is -2.50. The first kappa shape index (κ1) is 34.0. The highest BCUT2D eigenvalue weighted by atomic mass is 16.5. The normalized spacial score (nSPS) is 19.4. The minimum Gasteiger partial charge on any atom is -0.466 e. The Labute approximate surface area is 243 Å². The van der Waals surface area contributed by atoms with Crippen molar-refractivity contribution in [2.24, 2.45) is 11.8 Å². The molecule has 0 bridgehead atoms. The molecule has 0 aromatic rings. The fraction of sp³-hybridized carbons (Fsp3) is 0.793. The lowest BCUT2D eigenvalue weighted by molar-refractivity contribution is -0.145. The fourth-order valence-electron chi connectivity index (χ4n) is 5.05. The first-order chi connectivity index (χ1) is 19.5. The van der Waals surface area contributed by atoms with Crippen LogP contribution in [0.25, 0.3) is 0 Å². The molecule has 0 spiro atoms. The average molecular weight is 581 g/mol. The van der Waals surface area contributed by atoms with Gasteiger partial charge in [0.1, 0.15) is 18.8 Å². The number of hydrogen-bond donors (Lipinski definition) is 0. The average Bonchev–Trinajstić information content (AvgIpc) is 3.28. The van der Waals surface area contributed by atoms with E-state index in [1.165, 1.54) is 9.80 Å². The van der Waals surface area contributed by atoms with E-state index in [0.29, 0.717) is 13.2 Å². The minimum atomic E-state index is -0.804. The molecule has 41 heavy (non-hydrogen) atoms. The molecule has 12 heteroatoms. The number of amides is 6. The molecule has 0 saturated carbocycles. The van der Waals surface area contributed by atoms with Gasteiger partial charge in [-0.15, -0.1) is 0 Å². The van der Waals surface area contributed by atoms with Gasteiger partial charge in [-0.3, -0.25) is 38.8 Å². The first-order valence-corrected chi connectivity index (χ1v) is 15.0. The standard InChI is InChI=1S/C29H48N4O8/c1-7-9-17-40-22(34)13-11-15-30-26(36)24(20(3)4)32(28(30)38)19-33-25(21(5)6)27(37)31(29(33)39)16-12-14-23(35)41-18-10-8-2/h20-21,24-25H,7-19H2,1-6H3. The summed E-state index contributed by atoms with van der Waals surface area (Å²) < 4.78 is 10.3. The Kier molecular flexibility index (Phi) is 13.5. The van der Waals surface area contributed by atoms with E-state index in [4.69, 9.17) is 9.47 Å². The largest absolute Gasteiger partial charge is 0.466 e. The van der Waals surface area contributed by atoms with Crippen LogP contribution in [0, 0.1) is 11.8 Å². The van der Waals surface area contributed by atoms with Gasteiger partial charge in [0.05, 0.1) is 13.2 Å². The van der Waals surface area contributed by atoms with Gasteiger partial charge >= 0.3 is 24.0 Å². The molecule has 0 aromatic carbocycles. The molecular weight excluding hydrogens is 532 g/mol. The highest BCUT2D eigenvalue weighted by Crippen LogP contribution is 2.29. The van der Waals surface area contributed by atoms with Gasteiger partial charge in [0.25, 0.3) is 11.8 Å². The van der Waals surface area contributed by atoms with Crippen LogP contribution in [-0.2, 0) is 28.7 Å². The molecule has 2 atom stereocenters. The summed E-state index contributed by atoms with van der Waals surface area (Å²) in [5.41, 5.74) is 0. The van der Waals surface area contributed by atoms with Crippen LogP contribution in [0.15, 0.2) is 0 Å². The molecule has 2 saturated heterocycles. The molecule has 0 aromatic heterocycles. The fourth-order valence-corrected chi connectivity index (χ4v) is 5.05. The van der Waals surface area contributed by atoms with Crippen LogP contribution in [0.4, 0.5) is 9.59 Å². The van der Waals surface area contributed by atoms with Crippen molar-refractivity contribution in [2.75, 3.05) is 33.0 Å². The second-order valence-electron chi connectivity index (χ2n) is 11.4. The highest BCUT2D eigenvalue weighted by molar-refractivity contribution is 6.06. The molecule has 12 nitrogen and oxygen atoms in total. The number of ether oxygens (including phenoxy) is 2. The van der Waals surface area contributed by atoms with Crippen LogP contribution in [-0.4, -0.2) is 100 Å². The second kappa shape index (κ2) is 16.3. The number of unbranched alkanes of at least 4 members (excludes halogenated alkanes) is 2. The van der Waals surface area contributed by atoms with Crippen LogP contribution in [0.1, 0.15) is 92.9 Å². The summed E-state index contributed by atoms with van der Waals surface area (Å²) in [6.45, 7) is 11.9. The van der Waals surface area contributed by atoms with E-state index in [2.05, 4.69) is 0 Å². The lowest BCUT2D eigenvalue weighted by Gasteiger charge is -2.32. The zero-order valence-corrected chi connectivity index (χ0v) is 25.6. The molecule has 2 aliphatic heterocycles. The van der Waals surface area contributed by atoms with Crippen LogP contribution in [0.2, 0.25) is 0 Å². The van der Waals surface area contributed by atoms with Crippen molar-refractivity contribution in [1.29, 1.82) is 0 Å². The van der Waals surface area contributed by atoms with E-state index < -0.39 is 24.1 Å². The highest BCUT2D eigenvalue weighted by Gasteiger charge is 2.52. The molecule has 2 heterocycles. The summed E-state index contributed by atoms with van der Waals surface area (Å²) in [4.78, 5) is 82.3. The predicted octanol–water partition coefficient (Wildman–Crippen LogP) is 3.77. The third-order valence-electron chi connectivity index (χ3n) is 7.28. The van der Waals surface area contributed by atoms with Crippen LogP contribution >= 0.6 is 0 Å². The van der Waals surface area contributed by atoms with Crippen LogP contribution in [0.3, 0.4) is 0 Å². The maximum absolute atomic E-state index is 13.4. The van der Waals surface area contributed by atoms with Crippen LogP contribution in [0.5, 0.6) is 0 Å². The number of esters is 2. The number of imide groups is 2. The zero-order chi connectivity index (χ0) is 30.7. The summed E-state index contributed by atoms with van der Waals surface area (Å²) in [7, 11) is 0. The monoisotopic (exact) mass is 580 g/mol. The summed E-state index contributed by atoms with van der Waals surface area (Å²) in [6.07, 6.45) is 4.08. The van der Waals surface area contributed by atoms with E-state index in [1.54, 1.807) is 0 Å². The van der Waals surface area contributed by atoms with E-state index in [9.17, 15) is 28.8 Å². The maximum atomic E-state index is 13.4. The SMILES string of the molecule is CCCCOC(=O)CCCN1C(=O)C(C(C)C)N(CN2C(=O)N(CCCC(=O)OCCCC)C(=O)C2C(C)C)C1=O. The minimum absolute atomic E-state index is 0.0568. The lowest BCUT2D eigenvalue weighted by atomic mass is 10.0. The summed E-state index contributed by atoms with van der Waals surface area (Å²) in [6, 6.07) is -2.71. The molecule has 0 aliphatic carbocycles. The molecule has 2 rings (SSSR count). The van der Waals surface area contributed by atoms with E-state index in [0.717, 1.165) is 35.5 Å². The molecule has 2 fully saturated rings. The molecule has 0 radical (unpaired) electrons. The van der Waals surface area contributed by atoms with Gasteiger partial charge in [-0.2, -0.15) is 0 Å². The third kappa shape index (κ3) is 8.90. The van der Waals surface area contributed by atoms with Gasteiger partial charge in [0, 0.05) is 25.9 Å². The number of carbonyl (C=O) groups is 6. The Morgan fingerprint density at radius 1 is 0.659 bits per heavy atom. The predicted molar refractivity (Wildman–Crippen MR) is 150 cm³/mol. The topological polar surface area (TPSA) is 134 Å². The Bertz CT molecular complexity index is 879. The van der Waals surface area contributed by atoms with Gasteiger partial charge in [0.2, 0.25) is 0 Å². The number of rotatable bonds is 18. The molecule has 2 unspecified atom stereocenters. The van der Waals surface area contributed by atoms with Crippen LogP contribution < -0.4 is 0 Å². The molecule has 6 amide bonds. The van der Waals surface area contributed by atoms with E-state index >= 15 is 0 Å². The first-order valence-electron chi connectivity index (χ1n) is 15.0. The molecule has 2 aliphatic rings.